The fourth-order valence-corrected chi connectivity index (χ4v) is 3.50. The molecule has 0 unspecified atom stereocenters. The van der Waals surface area contributed by atoms with Crippen molar-refractivity contribution in [3.63, 3.8) is 0 Å². The van der Waals surface area contributed by atoms with Gasteiger partial charge in [0, 0.05) is 18.7 Å². The van der Waals surface area contributed by atoms with Crippen LogP contribution in [0.1, 0.15) is 55.5 Å². The number of rotatable bonds is 6. The van der Waals surface area contributed by atoms with Crippen LogP contribution in [0.3, 0.4) is 0 Å². The number of aryl methyl sites for hydroxylation is 2. The predicted octanol–water partition coefficient (Wildman–Crippen LogP) is 4.35. The second kappa shape index (κ2) is 8.79. The van der Waals surface area contributed by atoms with Crippen LogP contribution in [0.5, 0.6) is 0 Å². The standard InChI is InChI=1S/C21H29N5/c1-4-18-19(5-2)23-21(24-20(18)26-12-7-6-8-13-26)25-22-15-17-11-9-10-16(3)14-17/h9-11,14-15H,4-8,12-13H2,1-3H3,(H,23,24,25)/b22-15+. The fourth-order valence-electron chi connectivity index (χ4n) is 3.50. The first-order valence-electron chi connectivity index (χ1n) is 9.71. The van der Waals surface area contributed by atoms with Crippen molar-refractivity contribution in [2.24, 2.45) is 5.10 Å². The number of hydrazone groups is 1. The Hall–Kier alpha value is -2.43. The van der Waals surface area contributed by atoms with E-state index in [1.807, 2.05) is 18.3 Å². The highest BCUT2D eigenvalue weighted by Gasteiger charge is 2.19. The maximum Gasteiger partial charge on any atom is 0.245 e. The van der Waals surface area contributed by atoms with Gasteiger partial charge in [-0.15, -0.1) is 0 Å². The second-order valence-electron chi connectivity index (χ2n) is 6.84. The van der Waals surface area contributed by atoms with E-state index < -0.39 is 0 Å². The summed E-state index contributed by atoms with van der Waals surface area (Å²) in [5.74, 6) is 1.68. The lowest BCUT2D eigenvalue weighted by molar-refractivity contribution is 0.571. The SMILES string of the molecule is CCc1nc(N/N=C/c2cccc(C)c2)nc(N2CCCCC2)c1CC. The number of piperidine rings is 1. The molecule has 0 spiro atoms. The molecule has 0 atom stereocenters. The van der Waals surface area contributed by atoms with Gasteiger partial charge in [0.25, 0.3) is 0 Å². The van der Waals surface area contributed by atoms with Gasteiger partial charge in [-0.1, -0.05) is 43.7 Å². The molecule has 0 aliphatic carbocycles. The largest absolute Gasteiger partial charge is 0.356 e. The third kappa shape index (κ3) is 4.40. The Morgan fingerprint density at radius 1 is 1.12 bits per heavy atom. The summed E-state index contributed by atoms with van der Waals surface area (Å²) in [5.41, 5.74) is 7.73. The quantitative estimate of drug-likeness (QED) is 0.621. The molecule has 1 aromatic heterocycles. The van der Waals surface area contributed by atoms with Crippen LogP contribution in [-0.4, -0.2) is 29.3 Å². The van der Waals surface area contributed by atoms with Gasteiger partial charge < -0.3 is 4.90 Å². The smallest absolute Gasteiger partial charge is 0.245 e. The molecule has 0 saturated carbocycles. The van der Waals surface area contributed by atoms with Crippen molar-refractivity contribution in [3.05, 3.63) is 46.6 Å². The van der Waals surface area contributed by atoms with E-state index in [0.717, 1.165) is 43.0 Å². The lowest BCUT2D eigenvalue weighted by Gasteiger charge is -2.30. The van der Waals surface area contributed by atoms with Crippen molar-refractivity contribution in [1.82, 2.24) is 9.97 Å². The van der Waals surface area contributed by atoms with Crippen molar-refractivity contribution in [1.29, 1.82) is 0 Å². The van der Waals surface area contributed by atoms with Crippen molar-refractivity contribution in [3.8, 4) is 0 Å². The van der Waals surface area contributed by atoms with E-state index in [0.29, 0.717) is 5.95 Å². The first kappa shape index (κ1) is 18.4. The van der Waals surface area contributed by atoms with Crippen LogP contribution in [0.25, 0.3) is 0 Å². The fraction of sp³-hybridized carbons (Fsp3) is 0.476. The van der Waals surface area contributed by atoms with E-state index in [4.69, 9.17) is 9.97 Å². The Kier molecular flexibility index (Phi) is 6.21. The van der Waals surface area contributed by atoms with Crippen molar-refractivity contribution in [2.45, 2.75) is 52.9 Å². The zero-order valence-corrected chi connectivity index (χ0v) is 16.1. The van der Waals surface area contributed by atoms with Gasteiger partial charge in [0.2, 0.25) is 5.95 Å². The summed E-state index contributed by atoms with van der Waals surface area (Å²) in [6.45, 7) is 8.59. The van der Waals surface area contributed by atoms with Crippen LogP contribution in [0.15, 0.2) is 29.4 Å². The molecule has 1 saturated heterocycles. The van der Waals surface area contributed by atoms with Gasteiger partial charge in [0.05, 0.1) is 11.9 Å². The minimum Gasteiger partial charge on any atom is -0.356 e. The van der Waals surface area contributed by atoms with Gasteiger partial charge in [-0.2, -0.15) is 10.1 Å². The van der Waals surface area contributed by atoms with E-state index in [2.05, 4.69) is 48.3 Å². The lowest BCUT2D eigenvalue weighted by atomic mass is 10.1. The highest BCUT2D eigenvalue weighted by Crippen LogP contribution is 2.26. The summed E-state index contributed by atoms with van der Waals surface area (Å²) in [6.07, 6.45) is 7.47. The third-order valence-corrected chi connectivity index (χ3v) is 4.84. The molecule has 2 heterocycles. The van der Waals surface area contributed by atoms with Gasteiger partial charge >= 0.3 is 0 Å². The summed E-state index contributed by atoms with van der Waals surface area (Å²) in [7, 11) is 0. The minimum atomic E-state index is 0.587. The molecule has 3 rings (SSSR count). The van der Waals surface area contributed by atoms with Crippen molar-refractivity contribution < 1.29 is 0 Å². The van der Waals surface area contributed by atoms with Gasteiger partial charge in [-0.05, 0) is 44.6 Å². The molecule has 5 heteroatoms. The number of nitrogens with one attached hydrogen (secondary N) is 1. The summed E-state index contributed by atoms with van der Waals surface area (Å²) in [4.78, 5) is 11.9. The van der Waals surface area contributed by atoms with Gasteiger partial charge in [0.1, 0.15) is 5.82 Å². The first-order valence-corrected chi connectivity index (χ1v) is 9.71. The Labute approximate surface area is 156 Å². The van der Waals surface area contributed by atoms with Crippen molar-refractivity contribution >= 4 is 18.0 Å². The molecule has 0 bridgehead atoms. The van der Waals surface area contributed by atoms with Crippen LogP contribution in [-0.2, 0) is 12.8 Å². The Morgan fingerprint density at radius 2 is 1.92 bits per heavy atom. The number of anilines is 2. The van der Waals surface area contributed by atoms with E-state index >= 15 is 0 Å². The van der Waals surface area contributed by atoms with Crippen molar-refractivity contribution in [2.75, 3.05) is 23.4 Å². The zero-order chi connectivity index (χ0) is 18.4. The molecule has 1 fully saturated rings. The van der Waals surface area contributed by atoms with Crippen LogP contribution < -0.4 is 10.3 Å². The lowest BCUT2D eigenvalue weighted by Crippen LogP contribution is -2.31. The summed E-state index contributed by atoms with van der Waals surface area (Å²) >= 11 is 0. The van der Waals surface area contributed by atoms with Crippen LogP contribution >= 0.6 is 0 Å². The van der Waals surface area contributed by atoms with Crippen LogP contribution in [0, 0.1) is 6.92 Å². The van der Waals surface area contributed by atoms with Crippen LogP contribution in [0.4, 0.5) is 11.8 Å². The molecule has 1 aliphatic heterocycles. The average Bonchev–Trinajstić information content (AvgIpc) is 2.68. The maximum absolute atomic E-state index is 4.81. The molecule has 1 N–H and O–H groups in total. The molecule has 138 valence electrons. The van der Waals surface area contributed by atoms with Crippen LogP contribution in [0.2, 0.25) is 0 Å². The Bertz CT molecular complexity index is 763. The zero-order valence-electron chi connectivity index (χ0n) is 16.1. The highest BCUT2D eigenvalue weighted by molar-refractivity contribution is 5.80. The molecule has 1 aromatic carbocycles. The molecular formula is C21H29N5. The van der Waals surface area contributed by atoms with E-state index in [9.17, 15) is 0 Å². The molecule has 5 nitrogen and oxygen atoms in total. The second-order valence-corrected chi connectivity index (χ2v) is 6.84. The van der Waals surface area contributed by atoms with Gasteiger partial charge in [0.15, 0.2) is 0 Å². The van der Waals surface area contributed by atoms with E-state index in [1.165, 1.54) is 30.4 Å². The monoisotopic (exact) mass is 351 g/mol. The summed E-state index contributed by atoms with van der Waals surface area (Å²) < 4.78 is 0. The molecule has 0 amide bonds. The normalized spacial score (nSPS) is 14.8. The number of hydrogen-bond acceptors (Lipinski definition) is 5. The number of benzene rings is 1. The summed E-state index contributed by atoms with van der Waals surface area (Å²) in [6, 6.07) is 8.25. The Balaban J connectivity index is 1.84. The summed E-state index contributed by atoms with van der Waals surface area (Å²) in [5, 5.41) is 4.35. The Morgan fingerprint density at radius 3 is 2.62 bits per heavy atom. The number of hydrogen-bond donors (Lipinski definition) is 1. The molecule has 26 heavy (non-hydrogen) atoms. The third-order valence-electron chi connectivity index (χ3n) is 4.84. The van der Waals surface area contributed by atoms with Gasteiger partial charge in [-0.3, -0.25) is 0 Å². The minimum absolute atomic E-state index is 0.587. The number of aromatic nitrogens is 2. The molecule has 2 aromatic rings. The average molecular weight is 351 g/mol. The topological polar surface area (TPSA) is 53.4 Å². The molecule has 0 radical (unpaired) electrons. The maximum atomic E-state index is 4.81. The van der Waals surface area contributed by atoms with E-state index in [1.54, 1.807) is 0 Å². The first-order chi connectivity index (χ1) is 12.7. The molecule has 1 aliphatic rings. The highest BCUT2D eigenvalue weighted by atomic mass is 15.4. The van der Waals surface area contributed by atoms with Gasteiger partial charge in [-0.25, -0.2) is 10.4 Å². The number of nitrogens with zero attached hydrogens (tertiary/aromatic N) is 4. The molecular weight excluding hydrogens is 322 g/mol. The van der Waals surface area contributed by atoms with E-state index in [-0.39, 0.29) is 0 Å². The predicted molar refractivity (Wildman–Crippen MR) is 109 cm³/mol.